The molecule has 0 saturated carbocycles. The van der Waals surface area contributed by atoms with E-state index in [9.17, 15) is 21.8 Å². The van der Waals surface area contributed by atoms with Gasteiger partial charge in [-0.2, -0.15) is 9.40 Å². The van der Waals surface area contributed by atoms with E-state index in [1.807, 2.05) is 0 Å². The third kappa shape index (κ3) is 4.29. The number of carbonyl (C=O) groups is 1. The Morgan fingerprint density at radius 3 is 2.38 bits per heavy atom. The molecule has 178 valence electrons. The van der Waals surface area contributed by atoms with Crippen molar-refractivity contribution in [3.63, 3.8) is 0 Å². The van der Waals surface area contributed by atoms with Crippen molar-refractivity contribution in [1.82, 2.24) is 14.1 Å². The molecule has 5 rings (SSSR count). The second-order valence-electron chi connectivity index (χ2n) is 7.89. The summed E-state index contributed by atoms with van der Waals surface area (Å²) in [5, 5.41) is 7.30. The lowest BCUT2D eigenvalue weighted by atomic mass is 10.2. The molecule has 34 heavy (non-hydrogen) atoms. The number of fused-ring (bicyclic) bond motifs is 1. The number of benzene rings is 2. The SMILES string of the molecule is O=C(Nc1c2c(nn1-c1ccc(F)cc1)C[S@](=O)C2)c1ccc(S(=O)(=O)N2CCOCC2)cc1. The fraction of sp³-hybridized carbons (Fsp3) is 0.273. The van der Waals surface area contributed by atoms with Gasteiger partial charge in [0.25, 0.3) is 5.91 Å². The molecule has 0 spiro atoms. The minimum atomic E-state index is -3.67. The summed E-state index contributed by atoms with van der Waals surface area (Å²) >= 11 is 0. The van der Waals surface area contributed by atoms with Gasteiger partial charge in [-0.05, 0) is 48.5 Å². The highest BCUT2D eigenvalue weighted by Crippen LogP contribution is 2.31. The zero-order valence-corrected chi connectivity index (χ0v) is 19.6. The van der Waals surface area contributed by atoms with E-state index in [2.05, 4.69) is 10.4 Å². The van der Waals surface area contributed by atoms with Crippen molar-refractivity contribution < 1.29 is 26.5 Å². The average molecular weight is 505 g/mol. The highest BCUT2D eigenvalue weighted by Gasteiger charge is 2.29. The summed E-state index contributed by atoms with van der Waals surface area (Å²) in [6, 6.07) is 11.3. The second kappa shape index (κ2) is 9.02. The maximum Gasteiger partial charge on any atom is 0.256 e. The largest absolute Gasteiger partial charge is 0.379 e. The molecular formula is C22H21FN4O5S2. The van der Waals surface area contributed by atoms with Gasteiger partial charge in [-0.25, -0.2) is 17.5 Å². The van der Waals surface area contributed by atoms with E-state index >= 15 is 0 Å². The number of nitrogens with one attached hydrogen (secondary N) is 1. The smallest absolute Gasteiger partial charge is 0.256 e. The number of rotatable bonds is 5. The first-order chi connectivity index (χ1) is 16.3. The molecule has 0 unspecified atom stereocenters. The van der Waals surface area contributed by atoms with Gasteiger partial charge in [0, 0.05) is 35.0 Å². The van der Waals surface area contributed by atoms with Gasteiger partial charge in [0.1, 0.15) is 11.6 Å². The standard InChI is InChI=1S/C22H21FN4O5S2/c23-16-3-5-17(6-4-16)27-21(19-13-33(29)14-20(19)25-27)24-22(28)15-1-7-18(8-2-15)34(30,31)26-9-11-32-12-10-26/h1-8H,9-14H2,(H,24,28)/t33-/m1/s1. The molecule has 2 aromatic carbocycles. The molecule has 12 heteroatoms. The van der Waals surface area contributed by atoms with Crippen LogP contribution in [0.3, 0.4) is 0 Å². The van der Waals surface area contributed by atoms with Crippen molar-refractivity contribution in [1.29, 1.82) is 0 Å². The van der Waals surface area contributed by atoms with Gasteiger partial charge in [-0.1, -0.05) is 0 Å². The molecule has 2 aliphatic heterocycles. The maximum atomic E-state index is 13.4. The normalized spacial score (nSPS) is 18.6. The Morgan fingerprint density at radius 2 is 1.71 bits per heavy atom. The number of hydrogen-bond donors (Lipinski definition) is 1. The zero-order valence-electron chi connectivity index (χ0n) is 17.9. The van der Waals surface area contributed by atoms with E-state index in [0.717, 1.165) is 0 Å². The molecule has 0 radical (unpaired) electrons. The van der Waals surface area contributed by atoms with E-state index in [4.69, 9.17) is 4.74 Å². The molecule has 3 heterocycles. The summed E-state index contributed by atoms with van der Waals surface area (Å²) in [5.41, 5.74) is 2.08. The number of anilines is 1. The number of morpholine rings is 1. The molecule has 1 saturated heterocycles. The Morgan fingerprint density at radius 1 is 1.03 bits per heavy atom. The van der Waals surface area contributed by atoms with Gasteiger partial charge in [-0.3, -0.25) is 9.00 Å². The molecule has 3 aromatic rings. The number of amides is 1. The highest BCUT2D eigenvalue weighted by atomic mass is 32.2. The van der Waals surface area contributed by atoms with Crippen LogP contribution in [0.1, 0.15) is 21.6 Å². The predicted octanol–water partition coefficient (Wildman–Crippen LogP) is 2.05. The molecule has 1 fully saturated rings. The number of carbonyl (C=O) groups excluding carboxylic acids is 1. The quantitative estimate of drug-likeness (QED) is 0.570. The van der Waals surface area contributed by atoms with Gasteiger partial charge in [0.2, 0.25) is 10.0 Å². The first-order valence-electron chi connectivity index (χ1n) is 10.5. The Labute approximate surface area is 198 Å². The van der Waals surface area contributed by atoms with Crippen LogP contribution in [-0.2, 0) is 37.1 Å². The van der Waals surface area contributed by atoms with Crippen LogP contribution in [0.25, 0.3) is 5.69 Å². The number of aromatic nitrogens is 2. The van der Waals surface area contributed by atoms with Crippen LogP contribution in [0, 0.1) is 5.82 Å². The molecule has 2 aliphatic rings. The first-order valence-corrected chi connectivity index (χ1v) is 13.5. The third-order valence-electron chi connectivity index (χ3n) is 5.70. The van der Waals surface area contributed by atoms with Crippen molar-refractivity contribution in [2.24, 2.45) is 0 Å². The molecule has 0 bridgehead atoms. The predicted molar refractivity (Wildman–Crippen MR) is 123 cm³/mol. The van der Waals surface area contributed by atoms with Gasteiger partial charge < -0.3 is 10.1 Å². The van der Waals surface area contributed by atoms with Crippen molar-refractivity contribution in [3.05, 3.63) is 71.2 Å². The molecule has 1 N–H and O–H groups in total. The Hall–Kier alpha value is -2.93. The number of hydrogen-bond acceptors (Lipinski definition) is 6. The van der Waals surface area contributed by atoms with Crippen molar-refractivity contribution in [2.45, 2.75) is 16.4 Å². The highest BCUT2D eigenvalue weighted by molar-refractivity contribution is 7.89. The van der Waals surface area contributed by atoms with Crippen LogP contribution in [0.2, 0.25) is 0 Å². The minimum Gasteiger partial charge on any atom is -0.379 e. The van der Waals surface area contributed by atoms with Crippen molar-refractivity contribution in [2.75, 3.05) is 31.6 Å². The molecular weight excluding hydrogens is 483 g/mol. The van der Waals surface area contributed by atoms with Crippen LogP contribution in [-0.4, -0.2) is 58.9 Å². The summed E-state index contributed by atoms with van der Waals surface area (Å²) in [6.07, 6.45) is 0. The lowest BCUT2D eigenvalue weighted by Crippen LogP contribution is -2.40. The minimum absolute atomic E-state index is 0.0959. The van der Waals surface area contributed by atoms with Gasteiger partial charge in [-0.15, -0.1) is 0 Å². The summed E-state index contributed by atoms with van der Waals surface area (Å²) in [7, 11) is -4.78. The third-order valence-corrected chi connectivity index (χ3v) is 8.82. The van der Waals surface area contributed by atoms with Crippen molar-refractivity contribution >= 4 is 32.5 Å². The fourth-order valence-corrected chi connectivity index (χ4v) is 6.59. The van der Waals surface area contributed by atoms with Crippen LogP contribution in [0.4, 0.5) is 10.2 Å². The van der Waals surface area contributed by atoms with E-state index in [-0.39, 0.29) is 35.1 Å². The second-order valence-corrected chi connectivity index (χ2v) is 11.3. The van der Waals surface area contributed by atoms with Crippen LogP contribution in [0.5, 0.6) is 0 Å². The Bertz CT molecular complexity index is 1370. The summed E-state index contributed by atoms with van der Waals surface area (Å²) < 4.78 is 59.1. The Kier molecular flexibility index (Phi) is 6.06. The number of sulfonamides is 1. The fourth-order valence-electron chi connectivity index (χ4n) is 3.92. The number of halogens is 1. The lowest BCUT2D eigenvalue weighted by Gasteiger charge is -2.26. The molecule has 1 atom stereocenters. The monoisotopic (exact) mass is 504 g/mol. The van der Waals surface area contributed by atoms with E-state index in [1.165, 1.54) is 57.5 Å². The lowest BCUT2D eigenvalue weighted by molar-refractivity contribution is 0.0730. The summed E-state index contributed by atoms with van der Waals surface area (Å²) in [4.78, 5) is 13.1. The van der Waals surface area contributed by atoms with Crippen LogP contribution in [0.15, 0.2) is 53.4 Å². The van der Waals surface area contributed by atoms with Gasteiger partial charge in [0.05, 0.1) is 41.0 Å². The maximum absolute atomic E-state index is 13.4. The Balaban J connectivity index is 1.41. The van der Waals surface area contributed by atoms with Crippen LogP contribution < -0.4 is 5.32 Å². The average Bonchev–Trinajstić information content (AvgIpc) is 3.37. The van der Waals surface area contributed by atoms with Crippen LogP contribution >= 0.6 is 0 Å². The van der Waals surface area contributed by atoms with E-state index < -0.39 is 32.5 Å². The molecule has 0 aliphatic carbocycles. The summed E-state index contributed by atoms with van der Waals surface area (Å²) in [5.74, 6) is 0.0207. The number of nitrogens with zero attached hydrogens (tertiary/aromatic N) is 3. The number of ether oxygens (including phenoxy) is 1. The van der Waals surface area contributed by atoms with Crippen molar-refractivity contribution in [3.8, 4) is 5.69 Å². The van der Waals surface area contributed by atoms with Gasteiger partial charge in [0.15, 0.2) is 0 Å². The van der Waals surface area contributed by atoms with Gasteiger partial charge >= 0.3 is 0 Å². The molecule has 1 aromatic heterocycles. The topological polar surface area (TPSA) is 111 Å². The zero-order chi connectivity index (χ0) is 23.9. The van der Waals surface area contributed by atoms with E-state index in [0.29, 0.717) is 36.0 Å². The molecule has 9 nitrogen and oxygen atoms in total. The molecule has 1 amide bonds. The summed E-state index contributed by atoms with van der Waals surface area (Å²) in [6.45, 7) is 1.25. The van der Waals surface area contributed by atoms with E-state index in [1.54, 1.807) is 0 Å². The first kappa shape index (κ1) is 22.8.